The van der Waals surface area contributed by atoms with E-state index in [0.29, 0.717) is 18.8 Å². The highest BCUT2D eigenvalue weighted by atomic mass is 16.3. The van der Waals surface area contributed by atoms with Gasteiger partial charge in [-0.1, -0.05) is 6.07 Å². The molecule has 0 atom stereocenters. The first-order valence-electron chi connectivity index (χ1n) is 7.62. The predicted molar refractivity (Wildman–Crippen MR) is 89.1 cm³/mol. The van der Waals surface area contributed by atoms with Crippen molar-refractivity contribution in [1.82, 2.24) is 5.32 Å². The van der Waals surface area contributed by atoms with E-state index in [1.165, 1.54) is 12.5 Å². The summed E-state index contributed by atoms with van der Waals surface area (Å²) in [5, 5.41) is 2.78. The van der Waals surface area contributed by atoms with Gasteiger partial charge in [-0.25, -0.2) is 0 Å². The Hall–Kier alpha value is -2.56. The molecule has 0 unspecified atom stereocenters. The van der Waals surface area contributed by atoms with Crippen LogP contribution >= 0.6 is 0 Å². The summed E-state index contributed by atoms with van der Waals surface area (Å²) in [7, 11) is 0. The highest BCUT2D eigenvalue weighted by molar-refractivity contribution is 5.92. The Morgan fingerprint density at radius 1 is 1.17 bits per heavy atom. The van der Waals surface area contributed by atoms with Gasteiger partial charge >= 0.3 is 0 Å². The lowest BCUT2D eigenvalue weighted by atomic mass is 10.1. The molecule has 2 amide bonds. The lowest BCUT2D eigenvalue weighted by Crippen LogP contribution is -2.33. The topological polar surface area (TPSA) is 62.6 Å². The number of benzene rings is 1. The smallest absolute Gasteiger partial charge is 0.223 e. The number of hydrogen-bond acceptors (Lipinski definition) is 3. The summed E-state index contributed by atoms with van der Waals surface area (Å²) in [5.41, 5.74) is 3.11. The van der Waals surface area contributed by atoms with E-state index in [9.17, 15) is 9.59 Å². The van der Waals surface area contributed by atoms with Gasteiger partial charge < -0.3 is 14.6 Å². The molecule has 23 heavy (non-hydrogen) atoms. The number of anilines is 1. The molecule has 0 bridgehead atoms. The second-order valence-electron chi connectivity index (χ2n) is 5.55. The standard InChI is InChI=1S/C18H22N2O3/c1-13-6-7-16(11-14(13)2)20(15(3)21)9-8-18(22)19-12-17-5-4-10-23-17/h4-7,10-11H,8-9,12H2,1-3H3,(H,19,22). The van der Waals surface area contributed by atoms with Crippen LogP contribution in [-0.2, 0) is 16.1 Å². The molecule has 5 heteroatoms. The first kappa shape index (κ1) is 16.8. The van der Waals surface area contributed by atoms with Crippen LogP contribution in [0, 0.1) is 13.8 Å². The van der Waals surface area contributed by atoms with Crippen LogP contribution in [0.2, 0.25) is 0 Å². The van der Waals surface area contributed by atoms with E-state index in [1.54, 1.807) is 23.3 Å². The van der Waals surface area contributed by atoms with Gasteiger partial charge in [0.2, 0.25) is 11.8 Å². The van der Waals surface area contributed by atoms with Crippen LogP contribution in [0.25, 0.3) is 0 Å². The summed E-state index contributed by atoms with van der Waals surface area (Å²) in [4.78, 5) is 25.4. The van der Waals surface area contributed by atoms with Gasteiger partial charge in [0, 0.05) is 25.6 Å². The highest BCUT2D eigenvalue weighted by Crippen LogP contribution is 2.19. The van der Waals surface area contributed by atoms with Gasteiger partial charge in [-0.3, -0.25) is 9.59 Å². The molecule has 1 aromatic heterocycles. The average molecular weight is 314 g/mol. The zero-order valence-electron chi connectivity index (χ0n) is 13.8. The number of carbonyl (C=O) groups excluding carboxylic acids is 2. The van der Waals surface area contributed by atoms with Gasteiger partial charge in [0.05, 0.1) is 12.8 Å². The first-order chi connectivity index (χ1) is 11.0. The van der Waals surface area contributed by atoms with Gasteiger partial charge in [-0.05, 0) is 49.2 Å². The molecule has 2 rings (SSSR count). The Kier molecular flexibility index (Phi) is 5.57. The van der Waals surface area contributed by atoms with Gasteiger partial charge in [-0.15, -0.1) is 0 Å². The Balaban J connectivity index is 1.92. The fourth-order valence-corrected chi connectivity index (χ4v) is 2.26. The molecule has 0 aliphatic rings. The van der Waals surface area contributed by atoms with Crippen LogP contribution < -0.4 is 10.2 Å². The number of nitrogens with one attached hydrogen (secondary N) is 1. The molecule has 0 saturated carbocycles. The van der Waals surface area contributed by atoms with Crippen molar-refractivity contribution in [3.8, 4) is 0 Å². The number of furan rings is 1. The average Bonchev–Trinajstić information content (AvgIpc) is 3.02. The maximum atomic E-state index is 11.9. The SMILES string of the molecule is CC(=O)N(CCC(=O)NCc1ccco1)c1ccc(C)c(C)c1. The van der Waals surface area contributed by atoms with Gasteiger partial charge in [-0.2, -0.15) is 0 Å². The first-order valence-corrected chi connectivity index (χ1v) is 7.62. The summed E-state index contributed by atoms with van der Waals surface area (Å²) < 4.78 is 5.16. The monoisotopic (exact) mass is 314 g/mol. The molecule has 1 heterocycles. The van der Waals surface area contributed by atoms with Crippen LogP contribution in [0.15, 0.2) is 41.0 Å². The van der Waals surface area contributed by atoms with Gasteiger partial charge in [0.1, 0.15) is 5.76 Å². The van der Waals surface area contributed by atoms with Crippen molar-refractivity contribution < 1.29 is 14.0 Å². The van der Waals surface area contributed by atoms with Crippen molar-refractivity contribution in [2.24, 2.45) is 0 Å². The second-order valence-corrected chi connectivity index (χ2v) is 5.55. The minimum absolute atomic E-state index is 0.0768. The summed E-state index contributed by atoms with van der Waals surface area (Å²) in [6, 6.07) is 9.44. The highest BCUT2D eigenvalue weighted by Gasteiger charge is 2.14. The van der Waals surface area contributed by atoms with Crippen molar-refractivity contribution >= 4 is 17.5 Å². The zero-order chi connectivity index (χ0) is 16.8. The Morgan fingerprint density at radius 3 is 2.57 bits per heavy atom. The Morgan fingerprint density at radius 2 is 1.96 bits per heavy atom. The molecule has 0 saturated heterocycles. The van der Waals surface area contributed by atoms with E-state index in [1.807, 2.05) is 32.0 Å². The minimum atomic E-state index is -0.114. The van der Waals surface area contributed by atoms with E-state index in [2.05, 4.69) is 5.32 Å². The maximum Gasteiger partial charge on any atom is 0.223 e. The third-order valence-electron chi connectivity index (χ3n) is 3.78. The molecule has 0 fully saturated rings. The molecule has 0 aliphatic heterocycles. The molecule has 0 spiro atoms. The van der Waals surface area contributed by atoms with Crippen molar-refractivity contribution in [1.29, 1.82) is 0 Å². The van der Waals surface area contributed by atoms with Crippen LogP contribution in [-0.4, -0.2) is 18.4 Å². The molecule has 2 aromatic rings. The predicted octanol–water partition coefficient (Wildman–Crippen LogP) is 2.96. The maximum absolute atomic E-state index is 11.9. The second kappa shape index (κ2) is 7.63. The zero-order valence-corrected chi connectivity index (χ0v) is 13.8. The number of nitrogens with zero attached hydrogens (tertiary/aromatic N) is 1. The fraction of sp³-hybridized carbons (Fsp3) is 0.333. The van der Waals surface area contributed by atoms with Crippen molar-refractivity contribution in [3.05, 3.63) is 53.5 Å². The molecule has 1 N–H and O–H groups in total. The normalized spacial score (nSPS) is 10.4. The number of hydrogen-bond donors (Lipinski definition) is 1. The molecule has 0 aliphatic carbocycles. The van der Waals surface area contributed by atoms with E-state index in [-0.39, 0.29) is 18.2 Å². The molecular formula is C18H22N2O3. The lowest BCUT2D eigenvalue weighted by Gasteiger charge is -2.22. The molecule has 122 valence electrons. The van der Waals surface area contributed by atoms with Crippen LogP contribution in [0.4, 0.5) is 5.69 Å². The van der Waals surface area contributed by atoms with Gasteiger partial charge in [0.15, 0.2) is 0 Å². The Labute approximate surface area is 136 Å². The summed E-state index contributed by atoms with van der Waals surface area (Å²) in [6.07, 6.45) is 1.81. The third kappa shape index (κ3) is 4.71. The number of amides is 2. The lowest BCUT2D eigenvalue weighted by molar-refractivity contribution is -0.121. The largest absolute Gasteiger partial charge is 0.467 e. The van der Waals surface area contributed by atoms with E-state index in [4.69, 9.17) is 4.42 Å². The van der Waals surface area contributed by atoms with Crippen molar-refractivity contribution in [2.75, 3.05) is 11.4 Å². The van der Waals surface area contributed by atoms with E-state index >= 15 is 0 Å². The van der Waals surface area contributed by atoms with E-state index < -0.39 is 0 Å². The Bertz CT molecular complexity index is 678. The number of carbonyl (C=O) groups is 2. The molecule has 1 aromatic carbocycles. The van der Waals surface area contributed by atoms with Crippen LogP contribution in [0.3, 0.4) is 0 Å². The van der Waals surface area contributed by atoms with E-state index in [0.717, 1.165) is 11.3 Å². The summed E-state index contributed by atoms with van der Waals surface area (Å²) in [6.45, 7) is 6.25. The van der Waals surface area contributed by atoms with Crippen LogP contribution in [0.1, 0.15) is 30.2 Å². The van der Waals surface area contributed by atoms with Crippen LogP contribution in [0.5, 0.6) is 0 Å². The quantitative estimate of drug-likeness (QED) is 0.891. The molecule has 5 nitrogen and oxygen atoms in total. The molecule has 0 radical (unpaired) electrons. The minimum Gasteiger partial charge on any atom is -0.467 e. The summed E-state index contributed by atoms with van der Waals surface area (Å²) in [5.74, 6) is 0.513. The van der Waals surface area contributed by atoms with Crippen molar-refractivity contribution in [3.63, 3.8) is 0 Å². The number of rotatable bonds is 6. The number of aryl methyl sites for hydroxylation is 2. The summed E-state index contributed by atoms with van der Waals surface area (Å²) >= 11 is 0. The third-order valence-corrected chi connectivity index (χ3v) is 3.78. The van der Waals surface area contributed by atoms with Crippen molar-refractivity contribution in [2.45, 2.75) is 33.7 Å². The fourth-order valence-electron chi connectivity index (χ4n) is 2.26. The van der Waals surface area contributed by atoms with Gasteiger partial charge in [0.25, 0.3) is 0 Å². The molecular weight excluding hydrogens is 292 g/mol.